The Morgan fingerprint density at radius 2 is 1.71 bits per heavy atom. The molecule has 0 spiro atoms. The zero-order chi connectivity index (χ0) is 24.3. The van der Waals surface area contributed by atoms with Crippen molar-refractivity contribution >= 4 is 28.8 Å². The van der Waals surface area contributed by atoms with Gasteiger partial charge in [0.1, 0.15) is 11.5 Å². The van der Waals surface area contributed by atoms with E-state index in [4.69, 9.17) is 11.6 Å². The molecule has 4 nitrogen and oxygen atoms in total. The van der Waals surface area contributed by atoms with Crippen LogP contribution in [0, 0.1) is 0 Å². The van der Waals surface area contributed by atoms with Crippen molar-refractivity contribution in [2.75, 3.05) is 11.2 Å². The number of rotatable bonds is 4. The van der Waals surface area contributed by atoms with Crippen LogP contribution in [-0.4, -0.2) is 22.0 Å². The second-order valence-corrected chi connectivity index (χ2v) is 10.3. The highest BCUT2D eigenvalue weighted by molar-refractivity contribution is 6.18. The molecule has 5 heteroatoms. The lowest BCUT2D eigenvalue weighted by atomic mass is 9.79. The number of benzene rings is 3. The number of allylic oxidation sites excluding steroid dienone is 1. The number of carbonyl (C=O) groups is 1. The Morgan fingerprint density at radius 3 is 2.51 bits per heavy atom. The number of phenolic OH excluding ortho intramolecular Hbond substituents is 2. The van der Waals surface area contributed by atoms with Gasteiger partial charge >= 0.3 is 0 Å². The topological polar surface area (TPSA) is 69.6 Å². The molecule has 1 aliphatic heterocycles. The summed E-state index contributed by atoms with van der Waals surface area (Å²) in [6.07, 6.45) is 4.33. The molecule has 2 atom stereocenters. The van der Waals surface area contributed by atoms with Crippen molar-refractivity contribution in [3.63, 3.8) is 0 Å². The lowest BCUT2D eigenvalue weighted by Gasteiger charge is -2.22. The van der Waals surface area contributed by atoms with Gasteiger partial charge in [-0.2, -0.15) is 0 Å². The van der Waals surface area contributed by atoms with Crippen LogP contribution >= 0.6 is 11.6 Å². The Labute approximate surface area is 210 Å². The number of halogens is 1. The number of alkyl halides is 1. The molecule has 3 N–H and O–H groups in total. The van der Waals surface area contributed by atoms with E-state index in [1.165, 1.54) is 0 Å². The van der Waals surface area contributed by atoms with E-state index in [0.717, 1.165) is 82.3 Å². The van der Waals surface area contributed by atoms with Gasteiger partial charge in [-0.25, -0.2) is 0 Å². The van der Waals surface area contributed by atoms with Gasteiger partial charge in [0.2, 0.25) is 5.91 Å². The van der Waals surface area contributed by atoms with Crippen molar-refractivity contribution in [3.8, 4) is 11.5 Å². The number of aromatic hydroxyl groups is 2. The first-order chi connectivity index (χ1) is 17.0. The largest absolute Gasteiger partial charge is 0.508 e. The summed E-state index contributed by atoms with van der Waals surface area (Å²) < 4.78 is 0. The number of nitrogens with one attached hydrogen (secondary N) is 1. The van der Waals surface area contributed by atoms with Gasteiger partial charge in [0.25, 0.3) is 0 Å². The summed E-state index contributed by atoms with van der Waals surface area (Å²) in [4.78, 5) is 13.3. The fraction of sp³-hybridized carbons (Fsp3) is 0.300. The van der Waals surface area contributed by atoms with Crippen LogP contribution in [0.2, 0.25) is 0 Å². The van der Waals surface area contributed by atoms with E-state index >= 15 is 0 Å². The first-order valence-corrected chi connectivity index (χ1v) is 12.9. The van der Waals surface area contributed by atoms with Gasteiger partial charge in [0.05, 0.1) is 5.92 Å². The number of phenols is 2. The fourth-order valence-electron chi connectivity index (χ4n) is 6.41. The molecule has 0 radical (unpaired) electrons. The highest BCUT2D eigenvalue weighted by Gasteiger charge is 2.43. The summed E-state index contributed by atoms with van der Waals surface area (Å²) in [6, 6.07) is 16.0. The number of anilines is 1. The number of hydrogen-bond donors (Lipinski definition) is 3. The van der Waals surface area contributed by atoms with Gasteiger partial charge in [-0.1, -0.05) is 42.0 Å². The van der Waals surface area contributed by atoms with Crippen molar-refractivity contribution in [1.82, 2.24) is 0 Å². The Morgan fingerprint density at radius 1 is 0.943 bits per heavy atom. The van der Waals surface area contributed by atoms with Crippen LogP contribution in [0.5, 0.6) is 11.5 Å². The zero-order valence-corrected chi connectivity index (χ0v) is 20.5. The predicted octanol–water partition coefficient (Wildman–Crippen LogP) is 6.41. The predicted molar refractivity (Wildman–Crippen MR) is 140 cm³/mol. The molecule has 1 amide bonds. The molecule has 0 fully saturated rings. The number of aryl methyl sites for hydroxylation is 1. The van der Waals surface area contributed by atoms with Gasteiger partial charge in [-0.3, -0.25) is 4.79 Å². The molecule has 3 aromatic carbocycles. The maximum Gasteiger partial charge on any atom is 0.232 e. The molecule has 3 aromatic rings. The number of fused-ring (bicyclic) bond motifs is 3. The Bertz CT molecular complexity index is 1410. The minimum Gasteiger partial charge on any atom is -0.508 e. The monoisotopic (exact) mass is 485 g/mol. The van der Waals surface area contributed by atoms with Crippen molar-refractivity contribution in [1.29, 1.82) is 0 Å². The van der Waals surface area contributed by atoms with Crippen molar-refractivity contribution in [2.45, 2.75) is 50.9 Å². The minimum absolute atomic E-state index is 0.0130. The van der Waals surface area contributed by atoms with Crippen LogP contribution in [0.15, 0.2) is 54.1 Å². The van der Waals surface area contributed by atoms with Crippen LogP contribution in [-0.2, 0) is 24.1 Å². The minimum atomic E-state index is -0.368. The molecule has 2 aliphatic carbocycles. The number of amides is 1. The lowest BCUT2D eigenvalue weighted by molar-refractivity contribution is -0.117. The molecule has 3 aliphatic rings. The molecule has 35 heavy (non-hydrogen) atoms. The molecule has 1 heterocycles. The van der Waals surface area contributed by atoms with E-state index in [9.17, 15) is 15.0 Å². The summed E-state index contributed by atoms with van der Waals surface area (Å²) in [6.45, 7) is 2.06. The van der Waals surface area contributed by atoms with Gasteiger partial charge in [-0.05, 0) is 79.0 Å². The summed E-state index contributed by atoms with van der Waals surface area (Å²) in [7, 11) is 0. The molecule has 0 saturated carbocycles. The molecule has 0 saturated heterocycles. The molecule has 0 bridgehead atoms. The molecule has 0 aromatic heterocycles. The van der Waals surface area contributed by atoms with E-state index in [1.807, 2.05) is 24.3 Å². The lowest BCUT2D eigenvalue weighted by Crippen LogP contribution is -2.19. The van der Waals surface area contributed by atoms with Crippen molar-refractivity contribution in [2.24, 2.45) is 0 Å². The fourth-order valence-corrected chi connectivity index (χ4v) is 6.63. The third kappa shape index (κ3) is 3.38. The number of carbonyl (C=O) groups excluding carboxylic acids is 1. The summed E-state index contributed by atoms with van der Waals surface area (Å²) >= 11 is 6.00. The average molecular weight is 486 g/mol. The van der Waals surface area contributed by atoms with Crippen LogP contribution in [0.3, 0.4) is 0 Å². The maximum absolute atomic E-state index is 13.3. The summed E-state index contributed by atoms with van der Waals surface area (Å²) in [5, 5.41) is 25.3. The highest BCUT2D eigenvalue weighted by Crippen LogP contribution is 2.55. The summed E-state index contributed by atoms with van der Waals surface area (Å²) in [5.74, 6) is 0.507. The first-order valence-electron chi connectivity index (χ1n) is 12.4. The molecular weight excluding hydrogens is 458 g/mol. The molecule has 178 valence electrons. The van der Waals surface area contributed by atoms with Gasteiger partial charge in [-0.15, -0.1) is 11.6 Å². The van der Waals surface area contributed by atoms with E-state index in [0.29, 0.717) is 11.4 Å². The Hall–Kier alpha value is -3.24. The molecular formula is C30H28ClNO3. The van der Waals surface area contributed by atoms with E-state index in [1.54, 1.807) is 6.07 Å². The SMILES string of the molecule is CC1=C(c2cc(O)c3c(c2O)CCCC3)c2ccccc2C1C1C(=O)Nc2ccc(CCCl)cc21. The average Bonchev–Trinajstić information content (AvgIpc) is 3.33. The van der Waals surface area contributed by atoms with Gasteiger partial charge in [0.15, 0.2) is 0 Å². The van der Waals surface area contributed by atoms with Gasteiger partial charge in [0, 0.05) is 34.2 Å². The third-order valence-corrected chi connectivity index (χ3v) is 8.19. The van der Waals surface area contributed by atoms with Crippen molar-refractivity contribution < 1.29 is 15.0 Å². The molecule has 2 unspecified atom stereocenters. The Balaban J connectivity index is 1.54. The quantitative estimate of drug-likeness (QED) is 0.295. The standard InChI is InChI=1S/C30H28ClNO3/c1-16-26(23-15-25(33)18-6-2-5-9-21(18)29(23)34)19-7-3-4-8-20(19)27(16)28-22-14-17(12-13-31)10-11-24(22)32-30(28)35/h3-4,7-8,10-11,14-15,27-28,33-34H,2,5-6,9,12-13H2,1H3,(H,32,35). The van der Waals surface area contributed by atoms with Crippen LogP contribution in [0.1, 0.15) is 70.5 Å². The summed E-state index contributed by atoms with van der Waals surface area (Å²) in [5.41, 5.74) is 9.40. The second-order valence-electron chi connectivity index (χ2n) is 9.91. The maximum atomic E-state index is 13.3. The van der Waals surface area contributed by atoms with Gasteiger partial charge < -0.3 is 15.5 Å². The normalized spacial score (nSPS) is 20.5. The van der Waals surface area contributed by atoms with E-state index < -0.39 is 0 Å². The van der Waals surface area contributed by atoms with Crippen molar-refractivity contribution in [3.05, 3.63) is 93.0 Å². The highest BCUT2D eigenvalue weighted by atomic mass is 35.5. The second kappa shape index (κ2) is 8.46. The van der Waals surface area contributed by atoms with Crippen LogP contribution < -0.4 is 5.32 Å². The number of hydrogen-bond acceptors (Lipinski definition) is 3. The first kappa shape index (κ1) is 22.2. The third-order valence-electron chi connectivity index (χ3n) is 8.00. The molecule has 6 rings (SSSR count). The van der Waals surface area contributed by atoms with Crippen LogP contribution in [0.25, 0.3) is 5.57 Å². The van der Waals surface area contributed by atoms with E-state index in [2.05, 4.69) is 30.4 Å². The van der Waals surface area contributed by atoms with E-state index in [-0.39, 0.29) is 29.2 Å². The zero-order valence-electron chi connectivity index (χ0n) is 19.7. The Kier molecular flexibility index (Phi) is 5.37. The van der Waals surface area contributed by atoms with Crippen LogP contribution in [0.4, 0.5) is 5.69 Å². The smallest absolute Gasteiger partial charge is 0.232 e.